The summed E-state index contributed by atoms with van der Waals surface area (Å²) in [6.45, 7) is 1.07. The third-order valence-corrected chi connectivity index (χ3v) is 4.22. The smallest absolute Gasteiger partial charge is 0.308 e. The molecule has 0 aromatic rings. The second-order valence-corrected chi connectivity index (χ2v) is 5.71. The lowest BCUT2D eigenvalue weighted by Crippen LogP contribution is -2.39. The number of hydrogen-bond donors (Lipinski definition) is 2. The van der Waals surface area contributed by atoms with Crippen LogP contribution in [0.15, 0.2) is 0 Å². The van der Waals surface area contributed by atoms with Crippen molar-refractivity contribution in [1.29, 1.82) is 0 Å². The number of amides is 2. The normalized spacial score (nSPS) is 23.9. The van der Waals surface area contributed by atoms with Gasteiger partial charge < -0.3 is 15.3 Å². The summed E-state index contributed by atoms with van der Waals surface area (Å²) in [7, 11) is 0. The molecule has 0 radical (unpaired) electrons. The van der Waals surface area contributed by atoms with Gasteiger partial charge in [-0.3, -0.25) is 14.4 Å². The molecule has 1 aliphatic heterocycles. The number of hydrogen-bond acceptors (Lipinski definition) is 3. The van der Waals surface area contributed by atoms with Crippen LogP contribution in [0.1, 0.15) is 38.5 Å². The summed E-state index contributed by atoms with van der Waals surface area (Å²) < 4.78 is 0. The fourth-order valence-corrected chi connectivity index (χ4v) is 2.98. The maximum absolute atomic E-state index is 11.9. The number of nitrogens with zero attached hydrogens (tertiary/aromatic N) is 1. The minimum absolute atomic E-state index is 0.0751. The molecule has 1 heterocycles. The number of nitrogens with one attached hydrogen (secondary N) is 1. The highest BCUT2D eigenvalue weighted by Crippen LogP contribution is 2.23. The van der Waals surface area contributed by atoms with Gasteiger partial charge in [-0.15, -0.1) is 0 Å². The number of aliphatic carboxylic acids is 1. The summed E-state index contributed by atoms with van der Waals surface area (Å²) in [5, 5.41) is 11.7. The Labute approximate surface area is 118 Å². The molecule has 6 heteroatoms. The van der Waals surface area contributed by atoms with Gasteiger partial charge in [0.1, 0.15) is 0 Å². The quantitative estimate of drug-likeness (QED) is 0.773. The first kappa shape index (κ1) is 14.8. The molecule has 2 aliphatic rings. The van der Waals surface area contributed by atoms with Gasteiger partial charge in [-0.05, 0) is 12.8 Å². The van der Waals surface area contributed by atoms with Crippen LogP contribution in [0.25, 0.3) is 0 Å². The lowest BCUT2D eigenvalue weighted by molar-refractivity contribution is -0.141. The second-order valence-electron chi connectivity index (χ2n) is 5.71. The van der Waals surface area contributed by atoms with Crippen LogP contribution in [-0.2, 0) is 14.4 Å². The van der Waals surface area contributed by atoms with E-state index in [1.54, 1.807) is 0 Å². The Morgan fingerprint density at radius 2 is 1.90 bits per heavy atom. The molecule has 1 atom stereocenters. The first-order valence-electron chi connectivity index (χ1n) is 7.36. The van der Waals surface area contributed by atoms with Crippen LogP contribution in [0, 0.1) is 11.8 Å². The summed E-state index contributed by atoms with van der Waals surface area (Å²) in [5.41, 5.74) is 0. The zero-order chi connectivity index (χ0) is 14.5. The Kier molecular flexibility index (Phi) is 4.98. The highest BCUT2D eigenvalue weighted by atomic mass is 16.4. The van der Waals surface area contributed by atoms with E-state index in [2.05, 4.69) is 5.32 Å². The number of carbonyl (C=O) groups is 3. The van der Waals surface area contributed by atoms with Crippen LogP contribution in [-0.4, -0.2) is 47.4 Å². The van der Waals surface area contributed by atoms with Gasteiger partial charge in [-0.2, -0.15) is 0 Å². The Bertz CT molecular complexity index is 391. The maximum atomic E-state index is 11.9. The molecular weight excluding hydrogens is 260 g/mol. The molecule has 0 aromatic heterocycles. The van der Waals surface area contributed by atoms with Crippen LogP contribution in [0.2, 0.25) is 0 Å². The standard InChI is InChI=1S/C14H22N2O4/c17-12-8-11(14(19)20)9-16(12)7-6-15-13(18)10-4-2-1-3-5-10/h10-11H,1-9H2,(H,15,18)(H,19,20). The average Bonchev–Trinajstić information content (AvgIpc) is 2.81. The van der Waals surface area contributed by atoms with Crippen molar-refractivity contribution < 1.29 is 19.5 Å². The lowest BCUT2D eigenvalue weighted by Gasteiger charge is -2.22. The molecule has 1 saturated heterocycles. The van der Waals surface area contributed by atoms with Gasteiger partial charge in [0.2, 0.25) is 11.8 Å². The van der Waals surface area contributed by atoms with Crippen molar-refractivity contribution in [2.45, 2.75) is 38.5 Å². The molecule has 1 unspecified atom stereocenters. The minimum atomic E-state index is -0.924. The fourth-order valence-electron chi connectivity index (χ4n) is 2.98. The third kappa shape index (κ3) is 3.71. The van der Waals surface area contributed by atoms with Crippen LogP contribution >= 0.6 is 0 Å². The molecule has 0 aromatic carbocycles. The summed E-state index contributed by atoms with van der Waals surface area (Å²) in [5.74, 6) is -1.47. The van der Waals surface area contributed by atoms with Gasteiger partial charge in [0.15, 0.2) is 0 Å². The lowest BCUT2D eigenvalue weighted by atomic mass is 9.89. The first-order chi connectivity index (χ1) is 9.58. The monoisotopic (exact) mass is 282 g/mol. The maximum Gasteiger partial charge on any atom is 0.308 e. The van der Waals surface area contributed by atoms with E-state index in [0.29, 0.717) is 13.1 Å². The molecule has 112 valence electrons. The molecule has 0 spiro atoms. The molecule has 1 saturated carbocycles. The van der Waals surface area contributed by atoms with Gasteiger partial charge in [0, 0.05) is 32.0 Å². The fraction of sp³-hybridized carbons (Fsp3) is 0.786. The van der Waals surface area contributed by atoms with E-state index in [1.807, 2.05) is 0 Å². The predicted molar refractivity (Wildman–Crippen MR) is 71.9 cm³/mol. The van der Waals surface area contributed by atoms with Gasteiger partial charge >= 0.3 is 5.97 Å². The molecule has 6 nitrogen and oxygen atoms in total. The Balaban J connectivity index is 1.69. The van der Waals surface area contributed by atoms with Crippen LogP contribution < -0.4 is 5.32 Å². The SMILES string of the molecule is O=C(O)C1CC(=O)N(CCNC(=O)C2CCCCC2)C1. The van der Waals surface area contributed by atoms with E-state index in [0.717, 1.165) is 25.7 Å². The molecular formula is C14H22N2O4. The van der Waals surface area contributed by atoms with E-state index in [9.17, 15) is 14.4 Å². The number of carboxylic acids is 1. The zero-order valence-electron chi connectivity index (χ0n) is 11.6. The molecule has 2 fully saturated rings. The molecule has 2 N–H and O–H groups in total. The first-order valence-corrected chi connectivity index (χ1v) is 7.36. The highest BCUT2D eigenvalue weighted by molar-refractivity contribution is 5.86. The van der Waals surface area contributed by atoms with Crippen molar-refractivity contribution in [3.05, 3.63) is 0 Å². The van der Waals surface area contributed by atoms with Crippen LogP contribution in [0.5, 0.6) is 0 Å². The number of carboxylic acid groups (broad SMARTS) is 1. The Morgan fingerprint density at radius 1 is 1.20 bits per heavy atom. The number of rotatable bonds is 5. The second kappa shape index (κ2) is 6.72. The molecule has 2 rings (SSSR count). The van der Waals surface area contributed by atoms with Crippen molar-refractivity contribution in [2.75, 3.05) is 19.6 Å². The summed E-state index contributed by atoms with van der Waals surface area (Å²) in [4.78, 5) is 35.9. The summed E-state index contributed by atoms with van der Waals surface area (Å²) in [6.07, 6.45) is 5.42. The van der Waals surface area contributed by atoms with E-state index < -0.39 is 11.9 Å². The van der Waals surface area contributed by atoms with Crippen molar-refractivity contribution in [2.24, 2.45) is 11.8 Å². The van der Waals surface area contributed by atoms with Crippen molar-refractivity contribution in [3.8, 4) is 0 Å². The van der Waals surface area contributed by atoms with E-state index >= 15 is 0 Å². The topological polar surface area (TPSA) is 86.7 Å². The van der Waals surface area contributed by atoms with Gasteiger partial charge in [0.05, 0.1) is 5.92 Å². The average molecular weight is 282 g/mol. The summed E-state index contributed by atoms with van der Waals surface area (Å²) in [6, 6.07) is 0. The van der Waals surface area contributed by atoms with Crippen molar-refractivity contribution in [3.63, 3.8) is 0 Å². The van der Waals surface area contributed by atoms with Gasteiger partial charge in [-0.25, -0.2) is 0 Å². The Hall–Kier alpha value is -1.59. The largest absolute Gasteiger partial charge is 0.481 e. The van der Waals surface area contributed by atoms with Crippen LogP contribution in [0.4, 0.5) is 0 Å². The molecule has 20 heavy (non-hydrogen) atoms. The van der Waals surface area contributed by atoms with Crippen LogP contribution in [0.3, 0.4) is 0 Å². The minimum Gasteiger partial charge on any atom is -0.481 e. The van der Waals surface area contributed by atoms with E-state index in [4.69, 9.17) is 5.11 Å². The number of carbonyl (C=O) groups excluding carboxylic acids is 2. The Morgan fingerprint density at radius 3 is 2.50 bits per heavy atom. The van der Waals surface area contributed by atoms with Crippen molar-refractivity contribution in [1.82, 2.24) is 10.2 Å². The molecule has 2 amide bonds. The predicted octanol–water partition coefficient (Wildman–Crippen LogP) is 0.616. The van der Waals surface area contributed by atoms with Crippen molar-refractivity contribution >= 4 is 17.8 Å². The molecule has 1 aliphatic carbocycles. The van der Waals surface area contributed by atoms with E-state index in [-0.39, 0.29) is 30.7 Å². The highest BCUT2D eigenvalue weighted by Gasteiger charge is 2.33. The molecule has 0 bridgehead atoms. The van der Waals surface area contributed by atoms with Gasteiger partial charge in [0.25, 0.3) is 0 Å². The zero-order valence-corrected chi connectivity index (χ0v) is 11.6. The number of likely N-dealkylation sites (tertiary alicyclic amines) is 1. The van der Waals surface area contributed by atoms with Gasteiger partial charge in [-0.1, -0.05) is 19.3 Å². The summed E-state index contributed by atoms with van der Waals surface area (Å²) >= 11 is 0. The third-order valence-electron chi connectivity index (χ3n) is 4.22. The van der Waals surface area contributed by atoms with E-state index in [1.165, 1.54) is 11.3 Å².